The highest BCUT2D eigenvalue weighted by molar-refractivity contribution is 6.39. The predicted molar refractivity (Wildman–Crippen MR) is 90.8 cm³/mol. The molecule has 1 aromatic carbocycles. The Balaban J connectivity index is 1.39. The molecule has 0 unspecified atom stereocenters. The third kappa shape index (κ3) is 3.10. The van der Waals surface area contributed by atoms with Gasteiger partial charge in [0.2, 0.25) is 0 Å². The maximum Gasteiger partial charge on any atom is 0.313 e. The van der Waals surface area contributed by atoms with Gasteiger partial charge in [0.15, 0.2) is 0 Å². The fourth-order valence-corrected chi connectivity index (χ4v) is 5.42. The fourth-order valence-electron chi connectivity index (χ4n) is 5.42. The number of amides is 2. The second-order valence-electron chi connectivity index (χ2n) is 7.91. The molecule has 0 atom stereocenters. The van der Waals surface area contributed by atoms with Gasteiger partial charge < -0.3 is 10.6 Å². The first kappa shape index (κ1) is 16.1. The van der Waals surface area contributed by atoms with Crippen molar-refractivity contribution in [2.45, 2.75) is 44.1 Å². The van der Waals surface area contributed by atoms with Crippen molar-refractivity contribution in [2.24, 2.45) is 17.8 Å². The van der Waals surface area contributed by atoms with E-state index in [-0.39, 0.29) is 11.2 Å². The van der Waals surface area contributed by atoms with E-state index < -0.39 is 16.7 Å². The summed E-state index contributed by atoms with van der Waals surface area (Å²) in [6, 6.07) is 5.45. The van der Waals surface area contributed by atoms with Crippen LogP contribution in [0.2, 0.25) is 0 Å². The molecule has 2 amide bonds. The molecule has 4 fully saturated rings. The summed E-state index contributed by atoms with van der Waals surface area (Å²) in [4.78, 5) is 34.7. The quantitative estimate of drug-likeness (QED) is 0.500. The molecule has 4 saturated carbocycles. The SMILES string of the molecule is O=C(Nc1ccc([N+](=O)[O-])cc1)C(=O)NC12CC3CC(CC(C3)C1)C2. The molecule has 4 aliphatic rings. The zero-order valence-corrected chi connectivity index (χ0v) is 13.9. The zero-order chi connectivity index (χ0) is 17.6. The lowest BCUT2D eigenvalue weighted by Gasteiger charge is -2.56. The molecular weight excluding hydrogens is 322 g/mol. The number of hydrogen-bond donors (Lipinski definition) is 2. The van der Waals surface area contributed by atoms with Gasteiger partial charge in [-0.2, -0.15) is 0 Å². The molecule has 4 aliphatic carbocycles. The fraction of sp³-hybridized carbons (Fsp3) is 0.556. The van der Waals surface area contributed by atoms with E-state index in [1.807, 2.05) is 0 Å². The van der Waals surface area contributed by atoms with Gasteiger partial charge in [0.25, 0.3) is 5.69 Å². The summed E-state index contributed by atoms with van der Waals surface area (Å²) < 4.78 is 0. The minimum Gasteiger partial charge on any atom is -0.342 e. The molecule has 132 valence electrons. The molecule has 2 N–H and O–H groups in total. The number of hydrogen-bond acceptors (Lipinski definition) is 4. The first-order valence-electron chi connectivity index (χ1n) is 8.80. The van der Waals surface area contributed by atoms with Crippen molar-refractivity contribution in [3.05, 3.63) is 34.4 Å². The van der Waals surface area contributed by atoms with E-state index in [1.54, 1.807) is 0 Å². The maximum atomic E-state index is 12.4. The number of carbonyl (C=O) groups is 2. The normalized spacial score (nSPS) is 32.2. The summed E-state index contributed by atoms with van der Waals surface area (Å²) in [6.45, 7) is 0. The van der Waals surface area contributed by atoms with Crippen molar-refractivity contribution in [1.82, 2.24) is 5.32 Å². The number of benzene rings is 1. The third-order valence-corrected chi connectivity index (χ3v) is 5.96. The molecule has 0 aliphatic heterocycles. The average molecular weight is 343 g/mol. The van der Waals surface area contributed by atoms with Crippen molar-refractivity contribution in [1.29, 1.82) is 0 Å². The van der Waals surface area contributed by atoms with Gasteiger partial charge in [-0.15, -0.1) is 0 Å². The van der Waals surface area contributed by atoms with Crippen LogP contribution in [0.3, 0.4) is 0 Å². The largest absolute Gasteiger partial charge is 0.342 e. The highest BCUT2D eigenvalue weighted by Gasteiger charge is 2.51. The first-order chi connectivity index (χ1) is 11.9. The number of carbonyl (C=O) groups excluding carboxylic acids is 2. The highest BCUT2D eigenvalue weighted by atomic mass is 16.6. The van der Waals surface area contributed by atoms with Crippen molar-refractivity contribution >= 4 is 23.2 Å². The molecule has 7 nitrogen and oxygen atoms in total. The second-order valence-corrected chi connectivity index (χ2v) is 7.91. The summed E-state index contributed by atoms with van der Waals surface area (Å²) in [7, 11) is 0. The van der Waals surface area contributed by atoms with E-state index in [0.29, 0.717) is 23.4 Å². The molecule has 0 saturated heterocycles. The molecule has 0 heterocycles. The van der Waals surface area contributed by atoms with Gasteiger partial charge in [-0.1, -0.05) is 0 Å². The molecule has 4 bridgehead atoms. The van der Waals surface area contributed by atoms with Crippen LogP contribution in [-0.2, 0) is 9.59 Å². The molecule has 0 aromatic heterocycles. The number of nitro groups is 1. The zero-order valence-electron chi connectivity index (χ0n) is 13.9. The monoisotopic (exact) mass is 343 g/mol. The number of nitrogens with zero attached hydrogens (tertiary/aromatic N) is 1. The van der Waals surface area contributed by atoms with E-state index in [1.165, 1.54) is 43.5 Å². The van der Waals surface area contributed by atoms with Gasteiger partial charge in [-0.25, -0.2) is 0 Å². The van der Waals surface area contributed by atoms with Crippen LogP contribution in [-0.4, -0.2) is 22.3 Å². The Bertz CT molecular complexity index is 693. The minimum absolute atomic E-state index is 0.0592. The maximum absolute atomic E-state index is 12.4. The Kier molecular flexibility index (Phi) is 3.74. The van der Waals surface area contributed by atoms with Crippen molar-refractivity contribution < 1.29 is 14.5 Å². The van der Waals surface area contributed by atoms with Gasteiger partial charge in [-0.05, 0) is 68.4 Å². The van der Waals surface area contributed by atoms with Gasteiger partial charge in [0.1, 0.15) is 0 Å². The summed E-state index contributed by atoms with van der Waals surface area (Å²) in [5, 5.41) is 16.2. The van der Waals surface area contributed by atoms with Crippen LogP contribution in [0.5, 0.6) is 0 Å². The topological polar surface area (TPSA) is 101 Å². The summed E-state index contributed by atoms with van der Waals surface area (Å²) >= 11 is 0. The lowest BCUT2D eigenvalue weighted by molar-refractivity contribution is -0.384. The number of non-ortho nitro benzene ring substituents is 1. The number of nitro benzene ring substituents is 1. The van der Waals surface area contributed by atoms with Crippen LogP contribution in [0.4, 0.5) is 11.4 Å². The molecule has 5 rings (SSSR count). The molecular formula is C18H21N3O4. The first-order valence-corrected chi connectivity index (χ1v) is 8.80. The van der Waals surface area contributed by atoms with Gasteiger partial charge in [0.05, 0.1) is 4.92 Å². The van der Waals surface area contributed by atoms with Crippen LogP contribution < -0.4 is 10.6 Å². The van der Waals surface area contributed by atoms with Crippen LogP contribution in [0.15, 0.2) is 24.3 Å². The van der Waals surface area contributed by atoms with E-state index in [2.05, 4.69) is 10.6 Å². The standard InChI is InChI=1S/C18H21N3O4/c22-16(19-14-1-3-15(4-2-14)21(24)25)17(23)20-18-8-11-5-12(9-18)7-13(6-11)10-18/h1-4,11-13H,5-10H2,(H,19,22)(H,20,23). The molecule has 0 spiro atoms. The van der Waals surface area contributed by atoms with Gasteiger partial charge in [-0.3, -0.25) is 19.7 Å². The summed E-state index contributed by atoms with van der Waals surface area (Å²) in [6.07, 6.45) is 6.75. The Morgan fingerprint density at radius 3 is 1.96 bits per heavy atom. The van der Waals surface area contributed by atoms with E-state index in [9.17, 15) is 19.7 Å². The van der Waals surface area contributed by atoms with Crippen LogP contribution in [0.25, 0.3) is 0 Å². The smallest absolute Gasteiger partial charge is 0.313 e. The van der Waals surface area contributed by atoms with Gasteiger partial charge >= 0.3 is 11.8 Å². The lowest BCUT2D eigenvalue weighted by atomic mass is 9.53. The summed E-state index contributed by atoms with van der Waals surface area (Å²) in [5.41, 5.74) is 0.103. The van der Waals surface area contributed by atoms with E-state index >= 15 is 0 Å². The Hall–Kier alpha value is -2.44. The molecule has 1 aromatic rings. The summed E-state index contributed by atoms with van der Waals surface area (Å²) in [5.74, 6) is 0.725. The Morgan fingerprint density at radius 1 is 0.960 bits per heavy atom. The van der Waals surface area contributed by atoms with Crippen molar-refractivity contribution in [2.75, 3.05) is 5.32 Å². The highest BCUT2D eigenvalue weighted by Crippen LogP contribution is 2.55. The van der Waals surface area contributed by atoms with Crippen LogP contribution in [0.1, 0.15) is 38.5 Å². The molecule has 0 radical (unpaired) electrons. The molecule has 7 heteroatoms. The molecule has 25 heavy (non-hydrogen) atoms. The minimum atomic E-state index is -0.718. The van der Waals surface area contributed by atoms with Crippen LogP contribution in [0, 0.1) is 27.9 Å². The Morgan fingerprint density at radius 2 is 1.48 bits per heavy atom. The third-order valence-electron chi connectivity index (χ3n) is 5.96. The second kappa shape index (κ2) is 5.82. The van der Waals surface area contributed by atoms with E-state index in [0.717, 1.165) is 19.3 Å². The average Bonchev–Trinajstić information content (AvgIpc) is 2.53. The van der Waals surface area contributed by atoms with E-state index in [4.69, 9.17) is 0 Å². The number of anilines is 1. The van der Waals surface area contributed by atoms with Crippen molar-refractivity contribution in [3.63, 3.8) is 0 Å². The lowest BCUT2D eigenvalue weighted by Crippen LogP contribution is -2.61. The predicted octanol–water partition coefficient (Wildman–Crippen LogP) is 2.62. The number of rotatable bonds is 3. The van der Waals surface area contributed by atoms with Gasteiger partial charge in [0, 0.05) is 23.4 Å². The van der Waals surface area contributed by atoms with Crippen molar-refractivity contribution in [3.8, 4) is 0 Å². The van der Waals surface area contributed by atoms with Crippen LogP contribution >= 0.6 is 0 Å². The number of nitrogens with one attached hydrogen (secondary N) is 2. The Labute approximate surface area is 145 Å².